The number of imidazole rings is 1. The van der Waals surface area contributed by atoms with Crippen molar-refractivity contribution in [1.82, 2.24) is 14.5 Å². The predicted octanol–water partition coefficient (Wildman–Crippen LogP) is 6.33. The number of para-hydroxylation sites is 4. The first-order valence-electron chi connectivity index (χ1n) is 9.42. The summed E-state index contributed by atoms with van der Waals surface area (Å²) in [6, 6.07) is 33.9. The monoisotopic (exact) mass is 359 g/mol. The Hall–Kier alpha value is -3.85. The quantitative estimate of drug-likeness (QED) is 0.385. The molecule has 0 fully saturated rings. The number of nitrogens with zero attached hydrogens (tertiary/aromatic N) is 2. The van der Waals surface area contributed by atoms with Crippen molar-refractivity contribution in [2.75, 3.05) is 0 Å². The summed E-state index contributed by atoms with van der Waals surface area (Å²) in [6.45, 7) is 0. The van der Waals surface area contributed by atoms with E-state index in [0.717, 1.165) is 28.1 Å². The normalized spacial score (nSPS) is 11.6. The van der Waals surface area contributed by atoms with Crippen molar-refractivity contribution in [3.63, 3.8) is 0 Å². The van der Waals surface area contributed by atoms with E-state index in [1.54, 1.807) is 0 Å². The molecule has 0 saturated carbocycles. The standard InChI is InChI=1S/C25H17N3/c1-5-11-23-19(7-1)20-8-2-6-12-24(20)28(23)18-15-13-17(14-16-18)25-26-21-9-3-4-10-22(21)27-25/h1-16H,(H,26,27). The summed E-state index contributed by atoms with van der Waals surface area (Å²) in [5.41, 5.74) is 6.73. The molecule has 1 N–H and O–H groups in total. The van der Waals surface area contributed by atoms with E-state index in [2.05, 4.69) is 88.4 Å². The maximum absolute atomic E-state index is 4.71. The fourth-order valence-electron chi connectivity index (χ4n) is 4.06. The molecule has 6 rings (SSSR count). The van der Waals surface area contributed by atoms with Crippen LogP contribution in [-0.2, 0) is 0 Å². The second-order valence-corrected chi connectivity index (χ2v) is 7.02. The SMILES string of the molecule is c1ccc2[nH]c(-c3ccc(-n4c5ccccc5c5ccccc54)cc3)nc2c1. The van der Waals surface area contributed by atoms with Gasteiger partial charge in [-0.25, -0.2) is 4.98 Å². The number of benzene rings is 4. The van der Waals surface area contributed by atoms with E-state index >= 15 is 0 Å². The highest BCUT2D eigenvalue weighted by molar-refractivity contribution is 6.09. The molecule has 0 unspecified atom stereocenters. The van der Waals surface area contributed by atoms with Crippen LogP contribution in [0.25, 0.3) is 49.9 Å². The topological polar surface area (TPSA) is 33.6 Å². The Kier molecular flexibility index (Phi) is 3.17. The maximum atomic E-state index is 4.71. The Morgan fingerprint density at radius 1 is 0.607 bits per heavy atom. The molecule has 0 atom stereocenters. The molecule has 0 bridgehead atoms. The van der Waals surface area contributed by atoms with Gasteiger partial charge in [0.2, 0.25) is 0 Å². The lowest BCUT2D eigenvalue weighted by molar-refractivity contribution is 1.18. The van der Waals surface area contributed by atoms with Gasteiger partial charge in [0.1, 0.15) is 5.82 Å². The number of aromatic nitrogens is 3. The molecule has 2 aromatic heterocycles. The summed E-state index contributed by atoms with van der Waals surface area (Å²) in [7, 11) is 0. The molecule has 132 valence electrons. The average Bonchev–Trinajstić information content (AvgIpc) is 3.33. The molecular formula is C25H17N3. The Bertz CT molecular complexity index is 1370. The first-order chi connectivity index (χ1) is 13.9. The van der Waals surface area contributed by atoms with Crippen LogP contribution in [0.15, 0.2) is 97.1 Å². The minimum atomic E-state index is 0.898. The third-order valence-electron chi connectivity index (χ3n) is 5.37. The molecular weight excluding hydrogens is 342 g/mol. The fourth-order valence-corrected chi connectivity index (χ4v) is 4.06. The molecule has 4 aromatic carbocycles. The number of hydrogen-bond donors (Lipinski definition) is 1. The summed E-state index contributed by atoms with van der Waals surface area (Å²) >= 11 is 0. The van der Waals surface area contributed by atoms with Gasteiger partial charge in [-0.2, -0.15) is 0 Å². The van der Waals surface area contributed by atoms with Crippen LogP contribution < -0.4 is 0 Å². The molecule has 0 saturated heterocycles. The lowest BCUT2D eigenvalue weighted by Crippen LogP contribution is -1.93. The van der Waals surface area contributed by atoms with Crippen molar-refractivity contribution in [3.05, 3.63) is 97.1 Å². The number of hydrogen-bond acceptors (Lipinski definition) is 1. The molecule has 28 heavy (non-hydrogen) atoms. The molecule has 0 spiro atoms. The maximum Gasteiger partial charge on any atom is 0.138 e. The lowest BCUT2D eigenvalue weighted by Gasteiger charge is -2.08. The second kappa shape index (κ2) is 5.83. The number of nitrogens with one attached hydrogen (secondary N) is 1. The third kappa shape index (κ3) is 2.20. The largest absolute Gasteiger partial charge is 0.338 e. The molecule has 6 aromatic rings. The molecule has 0 aliphatic heterocycles. The van der Waals surface area contributed by atoms with Gasteiger partial charge in [-0.3, -0.25) is 0 Å². The number of H-pyrrole nitrogens is 1. The van der Waals surface area contributed by atoms with E-state index < -0.39 is 0 Å². The van der Waals surface area contributed by atoms with Gasteiger partial charge in [0.25, 0.3) is 0 Å². The van der Waals surface area contributed by atoms with Crippen LogP contribution in [0.3, 0.4) is 0 Å². The molecule has 0 aliphatic rings. The number of rotatable bonds is 2. The number of aromatic amines is 1. The van der Waals surface area contributed by atoms with Crippen LogP contribution >= 0.6 is 0 Å². The van der Waals surface area contributed by atoms with Crippen LogP contribution in [0.4, 0.5) is 0 Å². The zero-order valence-corrected chi connectivity index (χ0v) is 15.1. The molecule has 0 radical (unpaired) electrons. The Morgan fingerprint density at radius 2 is 1.21 bits per heavy atom. The zero-order chi connectivity index (χ0) is 18.5. The predicted molar refractivity (Wildman–Crippen MR) is 116 cm³/mol. The Balaban J connectivity index is 1.52. The van der Waals surface area contributed by atoms with Crippen LogP contribution in [0.5, 0.6) is 0 Å². The van der Waals surface area contributed by atoms with Crippen LogP contribution in [0, 0.1) is 0 Å². The van der Waals surface area contributed by atoms with Crippen molar-refractivity contribution >= 4 is 32.8 Å². The van der Waals surface area contributed by atoms with Gasteiger partial charge in [-0.05, 0) is 48.5 Å². The smallest absolute Gasteiger partial charge is 0.138 e. The summed E-state index contributed by atoms with van der Waals surface area (Å²) in [6.07, 6.45) is 0. The highest BCUT2D eigenvalue weighted by Crippen LogP contribution is 2.32. The van der Waals surface area contributed by atoms with Gasteiger partial charge in [0.05, 0.1) is 22.1 Å². The minimum absolute atomic E-state index is 0.898. The Morgan fingerprint density at radius 3 is 1.89 bits per heavy atom. The summed E-state index contributed by atoms with van der Waals surface area (Å²) in [5.74, 6) is 0.898. The van der Waals surface area contributed by atoms with Crippen LogP contribution in [0.2, 0.25) is 0 Å². The summed E-state index contributed by atoms with van der Waals surface area (Å²) < 4.78 is 2.33. The third-order valence-corrected chi connectivity index (χ3v) is 5.37. The molecule has 2 heterocycles. The van der Waals surface area contributed by atoms with Crippen molar-refractivity contribution < 1.29 is 0 Å². The van der Waals surface area contributed by atoms with E-state index in [0.29, 0.717) is 0 Å². The fraction of sp³-hybridized carbons (Fsp3) is 0. The van der Waals surface area contributed by atoms with E-state index in [-0.39, 0.29) is 0 Å². The highest BCUT2D eigenvalue weighted by Gasteiger charge is 2.12. The van der Waals surface area contributed by atoms with Gasteiger partial charge in [0.15, 0.2) is 0 Å². The number of fused-ring (bicyclic) bond motifs is 4. The minimum Gasteiger partial charge on any atom is -0.338 e. The van der Waals surface area contributed by atoms with Crippen molar-refractivity contribution in [3.8, 4) is 17.1 Å². The second-order valence-electron chi connectivity index (χ2n) is 7.02. The Labute approximate surface area is 161 Å². The lowest BCUT2D eigenvalue weighted by atomic mass is 10.2. The molecule has 3 nitrogen and oxygen atoms in total. The molecule has 0 aliphatic carbocycles. The highest BCUT2D eigenvalue weighted by atomic mass is 15.0. The van der Waals surface area contributed by atoms with Crippen molar-refractivity contribution in [2.45, 2.75) is 0 Å². The van der Waals surface area contributed by atoms with Crippen LogP contribution in [0.1, 0.15) is 0 Å². The van der Waals surface area contributed by atoms with Crippen molar-refractivity contribution in [2.24, 2.45) is 0 Å². The summed E-state index contributed by atoms with van der Waals surface area (Å²) in [5, 5.41) is 2.55. The first kappa shape index (κ1) is 15.2. The van der Waals surface area contributed by atoms with E-state index in [1.165, 1.54) is 21.8 Å². The summed E-state index contributed by atoms with van der Waals surface area (Å²) in [4.78, 5) is 8.12. The van der Waals surface area contributed by atoms with Gasteiger partial charge >= 0.3 is 0 Å². The first-order valence-corrected chi connectivity index (χ1v) is 9.42. The zero-order valence-electron chi connectivity index (χ0n) is 15.1. The van der Waals surface area contributed by atoms with Crippen LogP contribution in [-0.4, -0.2) is 14.5 Å². The average molecular weight is 359 g/mol. The van der Waals surface area contributed by atoms with Gasteiger partial charge in [-0.15, -0.1) is 0 Å². The van der Waals surface area contributed by atoms with Gasteiger partial charge in [0, 0.05) is 22.0 Å². The van der Waals surface area contributed by atoms with E-state index in [9.17, 15) is 0 Å². The molecule has 3 heteroatoms. The van der Waals surface area contributed by atoms with Gasteiger partial charge < -0.3 is 9.55 Å². The van der Waals surface area contributed by atoms with E-state index in [4.69, 9.17) is 4.98 Å². The molecule has 0 amide bonds. The van der Waals surface area contributed by atoms with Crippen molar-refractivity contribution in [1.29, 1.82) is 0 Å². The van der Waals surface area contributed by atoms with Gasteiger partial charge in [-0.1, -0.05) is 48.5 Å². The van der Waals surface area contributed by atoms with E-state index in [1.807, 2.05) is 18.2 Å².